The van der Waals surface area contributed by atoms with Crippen molar-refractivity contribution in [2.24, 2.45) is 10.9 Å². The second kappa shape index (κ2) is 6.22. The van der Waals surface area contributed by atoms with Crippen molar-refractivity contribution in [2.45, 2.75) is 36.8 Å². The Bertz CT molecular complexity index is 327. The summed E-state index contributed by atoms with van der Waals surface area (Å²) >= 11 is 6.10. The van der Waals surface area contributed by atoms with E-state index in [1.165, 1.54) is 0 Å². The Morgan fingerprint density at radius 1 is 1.41 bits per heavy atom. The number of nitrogens with zero attached hydrogens (tertiary/aromatic N) is 1. The predicted molar refractivity (Wildman–Crippen MR) is 71.6 cm³/mol. The average molecular weight is 255 g/mol. The maximum atomic E-state index is 9.83. The monoisotopic (exact) mass is 254 g/mol. The number of aliphatic hydroxyl groups is 1. The van der Waals surface area contributed by atoms with Crippen molar-refractivity contribution in [1.82, 2.24) is 5.32 Å². The summed E-state index contributed by atoms with van der Waals surface area (Å²) < 4.78 is 0. The van der Waals surface area contributed by atoms with E-state index in [2.05, 4.69) is 16.4 Å². The molecule has 4 heteroatoms. The molecule has 3 nitrogen and oxygen atoms in total. The van der Waals surface area contributed by atoms with Gasteiger partial charge in [-0.1, -0.05) is 12.2 Å². The van der Waals surface area contributed by atoms with Crippen LogP contribution in [-0.2, 0) is 0 Å². The van der Waals surface area contributed by atoms with Crippen LogP contribution in [0.3, 0.4) is 0 Å². The maximum absolute atomic E-state index is 9.83. The van der Waals surface area contributed by atoms with Gasteiger partial charge >= 0.3 is 0 Å². The molecule has 0 radical (unpaired) electrons. The molecule has 0 aromatic carbocycles. The molecule has 0 aromatic heterocycles. The van der Waals surface area contributed by atoms with Crippen LogP contribution >= 0.6 is 11.6 Å². The predicted octanol–water partition coefficient (Wildman–Crippen LogP) is 1.87. The Morgan fingerprint density at radius 3 is 3.06 bits per heavy atom. The molecule has 0 amide bonds. The summed E-state index contributed by atoms with van der Waals surface area (Å²) in [6.07, 6.45) is 12.1. The highest BCUT2D eigenvalue weighted by Crippen LogP contribution is 2.27. The highest BCUT2D eigenvalue weighted by molar-refractivity contribution is 6.20. The molecule has 0 bridgehead atoms. The van der Waals surface area contributed by atoms with Crippen LogP contribution < -0.4 is 5.32 Å². The molecule has 94 valence electrons. The van der Waals surface area contributed by atoms with Crippen molar-refractivity contribution < 1.29 is 5.11 Å². The minimum atomic E-state index is -0.275. The van der Waals surface area contributed by atoms with E-state index < -0.39 is 0 Å². The van der Waals surface area contributed by atoms with E-state index in [-0.39, 0.29) is 23.4 Å². The number of dihydropyridines is 1. The summed E-state index contributed by atoms with van der Waals surface area (Å²) in [6, 6.07) is 0.267. The summed E-state index contributed by atoms with van der Waals surface area (Å²) in [7, 11) is 0. The molecule has 17 heavy (non-hydrogen) atoms. The lowest BCUT2D eigenvalue weighted by atomic mass is 9.87. The first-order chi connectivity index (χ1) is 8.25. The van der Waals surface area contributed by atoms with Crippen LogP contribution in [0, 0.1) is 5.92 Å². The van der Waals surface area contributed by atoms with Gasteiger partial charge in [-0.25, -0.2) is 0 Å². The topological polar surface area (TPSA) is 44.6 Å². The third kappa shape index (κ3) is 3.86. The average Bonchev–Trinajstić information content (AvgIpc) is 2.35. The Balaban J connectivity index is 1.79. The summed E-state index contributed by atoms with van der Waals surface area (Å²) in [5.41, 5.74) is 0. The fourth-order valence-corrected chi connectivity index (χ4v) is 2.54. The third-order valence-electron chi connectivity index (χ3n) is 3.26. The Morgan fingerprint density at radius 2 is 2.29 bits per heavy atom. The molecule has 2 rings (SSSR count). The van der Waals surface area contributed by atoms with Crippen LogP contribution in [0.1, 0.15) is 19.3 Å². The zero-order valence-corrected chi connectivity index (χ0v) is 10.6. The molecular formula is C13H19ClN2O. The number of aliphatic hydroxyl groups excluding tert-OH is 1. The van der Waals surface area contributed by atoms with Gasteiger partial charge in [0.2, 0.25) is 0 Å². The van der Waals surface area contributed by atoms with Gasteiger partial charge in [0.15, 0.2) is 0 Å². The summed E-state index contributed by atoms with van der Waals surface area (Å²) in [5.74, 6) is 0.120. The van der Waals surface area contributed by atoms with Crippen LogP contribution in [0.5, 0.6) is 0 Å². The fraction of sp³-hybridized carbons (Fsp3) is 0.615. The molecule has 0 saturated heterocycles. The van der Waals surface area contributed by atoms with Gasteiger partial charge in [0.25, 0.3) is 0 Å². The van der Waals surface area contributed by atoms with Gasteiger partial charge in [0.1, 0.15) is 0 Å². The lowest BCUT2D eigenvalue weighted by molar-refractivity contribution is 0.104. The summed E-state index contributed by atoms with van der Waals surface area (Å²) in [5, 5.41) is 13.2. The van der Waals surface area contributed by atoms with Crippen LogP contribution in [0.15, 0.2) is 29.4 Å². The van der Waals surface area contributed by atoms with Crippen molar-refractivity contribution in [2.75, 3.05) is 6.54 Å². The van der Waals surface area contributed by atoms with E-state index in [9.17, 15) is 5.11 Å². The number of hydrogen-bond acceptors (Lipinski definition) is 3. The zero-order chi connectivity index (χ0) is 12.1. The second-order valence-corrected chi connectivity index (χ2v) is 5.29. The first-order valence-corrected chi connectivity index (χ1v) is 6.61. The third-order valence-corrected chi connectivity index (χ3v) is 3.65. The van der Waals surface area contributed by atoms with Crippen molar-refractivity contribution in [1.29, 1.82) is 0 Å². The SMILES string of the molecule is OC1CCC(Cl)CC1C=NCC1C=CC=CN1. The summed E-state index contributed by atoms with van der Waals surface area (Å²) in [6.45, 7) is 0.705. The van der Waals surface area contributed by atoms with E-state index in [0.717, 1.165) is 19.3 Å². The number of alkyl halides is 1. The number of nitrogens with one attached hydrogen (secondary N) is 1. The largest absolute Gasteiger partial charge is 0.392 e. The van der Waals surface area contributed by atoms with E-state index in [1.54, 1.807) is 0 Å². The van der Waals surface area contributed by atoms with Crippen molar-refractivity contribution in [3.05, 3.63) is 24.4 Å². The molecule has 4 atom stereocenters. The number of halogens is 1. The smallest absolute Gasteiger partial charge is 0.0637 e. The first kappa shape index (κ1) is 12.7. The van der Waals surface area contributed by atoms with Crippen molar-refractivity contribution in [3.63, 3.8) is 0 Å². The van der Waals surface area contributed by atoms with Gasteiger partial charge in [-0.3, -0.25) is 4.99 Å². The summed E-state index contributed by atoms with van der Waals surface area (Å²) in [4.78, 5) is 4.41. The molecular weight excluding hydrogens is 236 g/mol. The van der Waals surface area contributed by atoms with E-state index >= 15 is 0 Å². The molecule has 1 fully saturated rings. The molecule has 1 heterocycles. The lowest BCUT2D eigenvalue weighted by Crippen LogP contribution is -2.31. The van der Waals surface area contributed by atoms with Crippen LogP contribution in [0.2, 0.25) is 0 Å². The van der Waals surface area contributed by atoms with Crippen LogP contribution in [-0.4, -0.2) is 35.4 Å². The molecule has 0 aromatic rings. The molecule has 4 unspecified atom stereocenters. The van der Waals surface area contributed by atoms with E-state index in [0.29, 0.717) is 6.54 Å². The number of aliphatic imine (C=N–C) groups is 1. The van der Waals surface area contributed by atoms with E-state index in [4.69, 9.17) is 11.6 Å². The number of allylic oxidation sites excluding steroid dienone is 2. The second-order valence-electron chi connectivity index (χ2n) is 4.67. The maximum Gasteiger partial charge on any atom is 0.0637 e. The number of hydrogen-bond donors (Lipinski definition) is 2. The number of rotatable bonds is 3. The van der Waals surface area contributed by atoms with Gasteiger partial charge in [0, 0.05) is 17.5 Å². The Labute approximate surface area is 107 Å². The van der Waals surface area contributed by atoms with Gasteiger partial charge in [0.05, 0.1) is 18.7 Å². The first-order valence-electron chi connectivity index (χ1n) is 6.17. The van der Waals surface area contributed by atoms with Gasteiger partial charge in [-0.05, 0) is 31.5 Å². The lowest BCUT2D eigenvalue weighted by Gasteiger charge is -2.27. The van der Waals surface area contributed by atoms with Crippen molar-refractivity contribution in [3.8, 4) is 0 Å². The Hall–Kier alpha value is -0.800. The van der Waals surface area contributed by atoms with Gasteiger partial charge < -0.3 is 10.4 Å². The highest BCUT2D eigenvalue weighted by atomic mass is 35.5. The van der Waals surface area contributed by atoms with E-state index in [1.807, 2.05) is 24.6 Å². The molecule has 1 saturated carbocycles. The fourth-order valence-electron chi connectivity index (χ4n) is 2.21. The van der Waals surface area contributed by atoms with Gasteiger partial charge in [-0.15, -0.1) is 11.6 Å². The zero-order valence-electron chi connectivity index (χ0n) is 9.80. The van der Waals surface area contributed by atoms with Crippen LogP contribution in [0.4, 0.5) is 0 Å². The van der Waals surface area contributed by atoms with Gasteiger partial charge in [-0.2, -0.15) is 0 Å². The van der Waals surface area contributed by atoms with Crippen LogP contribution in [0.25, 0.3) is 0 Å². The molecule has 2 N–H and O–H groups in total. The normalized spacial score (nSPS) is 37.3. The molecule has 0 spiro atoms. The molecule has 2 aliphatic rings. The quantitative estimate of drug-likeness (QED) is 0.597. The minimum absolute atomic E-state index is 0.120. The standard InChI is InChI=1S/C13H19ClN2O/c14-11-4-5-13(17)10(7-11)8-15-9-12-3-1-2-6-16-12/h1-3,6,8,10-13,16-17H,4-5,7,9H2. The minimum Gasteiger partial charge on any atom is -0.392 e. The highest BCUT2D eigenvalue weighted by Gasteiger charge is 2.26. The molecule has 1 aliphatic carbocycles. The van der Waals surface area contributed by atoms with Crippen molar-refractivity contribution >= 4 is 17.8 Å². The molecule has 1 aliphatic heterocycles. The Kier molecular flexibility index (Phi) is 4.63.